The fourth-order valence-electron chi connectivity index (χ4n) is 1.69. The standard InChI is InChI=1S/C14H22N4O2/c1-14(2,3)20-13(19)18-17-7-6-10-8-15-12(16-9-10)11-4-5-11/h8-9,11,17H,4-7H2,1-3H3,(H,18,19). The SMILES string of the molecule is CC(C)(C)OC(=O)NNCCc1cnc(C2CC2)nc1. The van der Waals surface area contributed by atoms with Crippen LogP contribution >= 0.6 is 0 Å². The lowest BCUT2D eigenvalue weighted by Gasteiger charge is -2.19. The van der Waals surface area contributed by atoms with Crippen LogP contribution in [0.1, 0.15) is 50.9 Å². The molecule has 0 atom stereocenters. The van der Waals surface area contributed by atoms with E-state index < -0.39 is 11.7 Å². The van der Waals surface area contributed by atoms with E-state index in [1.165, 1.54) is 12.8 Å². The van der Waals surface area contributed by atoms with Gasteiger partial charge in [0.15, 0.2) is 0 Å². The van der Waals surface area contributed by atoms with Crippen molar-refractivity contribution in [3.63, 3.8) is 0 Å². The van der Waals surface area contributed by atoms with E-state index >= 15 is 0 Å². The van der Waals surface area contributed by atoms with Crippen LogP contribution in [0.3, 0.4) is 0 Å². The van der Waals surface area contributed by atoms with Gasteiger partial charge in [-0.05, 0) is 45.6 Å². The molecular formula is C14H22N4O2. The third-order valence-corrected chi connectivity index (χ3v) is 2.80. The second-order valence-electron chi connectivity index (χ2n) is 6.03. The molecule has 1 aliphatic rings. The molecule has 0 aromatic carbocycles. The van der Waals surface area contributed by atoms with E-state index in [4.69, 9.17) is 4.74 Å². The first kappa shape index (κ1) is 14.7. The summed E-state index contributed by atoms with van der Waals surface area (Å²) in [4.78, 5) is 20.1. The molecule has 0 bridgehead atoms. The average Bonchev–Trinajstić information content (AvgIpc) is 3.17. The highest BCUT2D eigenvalue weighted by molar-refractivity contribution is 5.66. The highest BCUT2D eigenvalue weighted by atomic mass is 16.6. The molecule has 2 N–H and O–H groups in total. The van der Waals surface area contributed by atoms with Crippen LogP contribution in [0.25, 0.3) is 0 Å². The van der Waals surface area contributed by atoms with Gasteiger partial charge in [0, 0.05) is 24.9 Å². The quantitative estimate of drug-likeness (QED) is 0.635. The molecule has 20 heavy (non-hydrogen) atoms. The molecule has 1 amide bonds. The highest BCUT2D eigenvalue weighted by Crippen LogP contribution is 2.37. The number of amides is 1. The minimum absolute atomic E-state index is 0.474. The van der Waals surface area contributed by atoms with Gasteiger partial charge in [0.1, 0.15) is 11.4 Å². The molecule has 1 heterocycles. The number of nitrogens with zero attached hydrogens (tertiary/aromatic N) is 2. The van der Waals surface area contributed by atoms with Gasteiger partial charge in [0.2, 0.25) is 0 Å². The zero-order chi connectivity index (χ0) is 14.6. The number of rotatable bonds is 5. The molecule has 0 radical (unpaired) electrons. The first-order valence-electron chi connectivity index (χ1n) is 6.97. The molecule has 2 rings (SSSR count). The number of ether oxygens (including phenoxy) is 1. The Hall–Kier alpha value is -1.69. The van der Waals surface area contributed by atoms with Crippen LogP contribution in [0, 0.1) is 0 Å². The molecule has 1 aliphatic carbocycles. The van der Waals surface area contributed by atoms with Crippen LogP contribution in [0.15, 0.2) is 12.4 Å². The molecule has 0 spiro atoms. The number of carbonyl (C=O) groups is 1. The largest absolute Gasteiger partial charge is 0.443 e. The van der Waals surface area contributed by atoms with Crippen LogP contribution in [0.4, 0.5) is 4.79 Å². The molecule has 6 nitrogen and oxygen atoms in total. The summed E-state index contributed by atoms with van der Waals surface area (Å²) < 4.78 is 5.10. The van der Waals surface area contributed by atoms with Crippen molar-refractivity contribution in [2.45, 2.75) is 51.6 Å². The van der Waals surface area contributed by atoms with E-state index in [-0.39, 0.29) is 0 Å². The molecule has 110 valence electrons. The van der Waals surface area contributed by atoms with E-state index in [0.717, 1.165) is 17.8 Å². The summed E-state index contributed by atoms with van der Waals surface area (Å²) in [6, 6.07) is 0. The third-order valence-electron chi connectivity index (χ3n) is 2.80. The molecule has 1 fully saturated rings. The summed E-state index contributed by atoms with van der Waals surface area (Å²) in [5.41, 5.74) is 5.88. The predicted molar refractivity (Wildman–Crippen MR) is 75.1 cm³/mol. The lowest BCUT2D eigenvalue weighted by atomic mass is 10.2. The Morgan fingerprint density at radius 2 is 2.00 bits per heavy atom. The van der Waals surface area contributed by atoms with Gasteiger partial charge < -0.3 is 4.74 Å². The van der Waals surface area contributed by atoms with Gasteiger partial charge in [0.25, 0.3) is 0 Å². The molecule has 0 aliphatic heterocycles. The van der Waals surface area contributed by atoms with Crippen molar-refractivity contribution in [3.8, 4) is 0 Å². The van der Waals surface area contributed by atoms with Crippen molar-refractivity contribution in [3.05, 3.63) is 23.8 Å². The summed E-state index contributed by atoms with van der Waals surface area (Å²) in [6.45, 7) is 6.08. The van der Waals surface area contributed by atoms with Crippen LogP contribution in [-0.4, -0.2) is 28.2 Å². The minimum atomic E-state index is -0.488. The lowest BCUT2D eigenvalue weighted by Crippen LogP contribution is -2.42. The highest BCUT2D eigenvalue weighted by Gasteiger charge is 2.26. The van der Waals surface area contributed by atoms with Gasteiger partial charge >= 0.3 is 6.09 Å². The number of nitrogens with one attached hydrogen (secondary N) is 2. The maximum Gasteiger partial charge on any atom is 0.422 e. The molecule has 0 unspecified atom stereocenters. The Morgan fingerprint density at radius 3 is 2.55 bits per heavy atom. The zero-order valence-corrected chi connectivity index (χ0v) is 12.3. The van der Waals surface area contributed by atoms with Crippen molar-refractivity contribution >= 4 is 6.09 Å². The first-order valence-corrected chi connectivity index (χ1v) is 6.97. The summed E-state index contributed by atoms with van der Waals surface area (Å²) in [6.07, 6.45) is 6.41. The van der Waals surface area contributed by atoms with Crippen LogP contribution in [0.5, 0.6) is 0 Å². The normalized spacial score (nSPS) is 14.9. The lowest BCUT2D eigenvalue weighted by molar-refractivity contribution is 0.0499. The average molecular weight is 278 g/mol. The van der Waals surface area contributed by atoms with E-state index in [1.807, 2.05) is 33.2 Å². The molecule has 1 aromatic heterocycles. The topological polar surface area (TPSA) is 76.1 Å². The molecule has 0 saturated heterocycles. The van der Waals surface area contributed by atoms with Crippen LogP contribution in [-0.2, 0) is 11.2 Å². The maximum absolute atomic E-state index is 11.4. The van der Waals surface area contributed by atoms with Crippen molar-refractivity contribution in [2.24, 2.45) is 0 Å². The minimum Gasteiger partial charge on any atom is -0.443 e. The Labute approximate surface area is 119 Å². The van der Waals surface area contributed by atoms with Crippen LogP contribution < -0.4 is 10.9 Å². The van der Waals surface area contributed by atoms with Gasteiger partial charge in [-0.25, -0.2) is 20.2 Å². The van der Waals surface area contributed by atoms with E-state index in [1.54, 1.807) is 0 Å². The second-order valence-corrected chi connectivity index (χ2v) is 6.03. The second kappa shape index (κ2) is 6.17. The Bertz CT molecular complexity index is 449. The number of hydrogen-bond donors (Lipinski definition) is 2. The smallest absolute Gasteiger partial charge is 0.422 e. The van der Waals surface area contributed by atoms with Crippen LogP contribution in [0.2, 0.25) is 0 Å². The third kappa shape index (κ3) is 5.13. The summed E-state index contributed by atoms with van der Waals surface area (Å²) in [5.74, 6) is 1.53. The van der Waals surface area contributed by atoms with Gasteiger partial charge in [-0.3, -0.25) is 5.43 Å². The number of hydrogen-bond acceptors (Lipinski definition) is 5. The van der Waals surface area contributed by atoms with Crippen molar-refractivity contribution < 1.29 is 9.53 Å². The summed E-state index contributed by atoms with van der Waals surface area (Å²) >= 11 is 0. The Morgan fingerprint density at radius 1 is 1.35 bits per heavy atom. The van der Waals surface area contributed by atoms with Crippen molar-refractivity contribution in [1.29, 1.82) is 0 Å². The van der Waals surface area contributed by atoms with E-state index in [0.29, 0.717) is 12.5 Å². The number of carbonyl (C=O) groups excluding carboxylic acids is 1. The monoisotopic (exact) mass is 278 g/mol. The van der Waals surface area contributed by atoms with Crippen molar-refractivity contribution in [2.75, 3.05) is 6.54 Å². The fraction of sp³-hybridized carbons (Fsp3) is 0.643. The van der Waals surface area contributed by atoms with Gasteiger partial charge in [-0.1, -0.05) is 0 Å². The Kier molecular flexibility index (Phi) is 4.54. The zero-order valence-electron chi connectivity index (χ0n) is 12.3. The van der Waals surface area contributed by atoms with Gasteiger partial charge in [-0.15, -0.1) is 0 Å². The first-order chi connectivity index (χ1) is 9.44. The maximum atomic E-state index is 11.4. The van der Waals surface area contributed by atoms with Gasteiger partial charge in [-0.2, -0.15) is 0 Å². The van der Waals surface area contributed by atoms with Gasteiger partial charge in [0.05, 0.1) is 0 Å². The summed E-state index contributed by atoms with van der Waals surface area (Å²) in [5, 5.41) is 0. The number of aromatic nitrogens is 2. The molecule has 1 saturated carbocycles. The van der Waals surface area contributed by atoms with E-state index in [9.17, 15) is 4.79 Å². The molecular weight excluding hydrogens is 256 g/mol. The molecule has 6 heteroatoms. The van der Waals surface area contributed by atoms with Crippen molar-refractivity contribution in [1.82, 2.24) is 20.8 Å². The fourth-order valence-corrected chi connectivity index (χ4v) is 1.69. The number of hydrazine groups is 1. The molecule has 1 aromatic rings. The van der Waals surface area contributed by atoms with E-state index in [2.05, 4.69) is 20.8 Å². The Balaban J connectivity index is 1.64. The predicted octanol–water partition coefficient (Wildman–Crippen LogP) is 1.93. The summed E-state index contributed by atoms with van der Waals surface area (Å²) in [7, 11) is 0.